The third kappa shape index (κ3) is 5.45. The van der Waals surface area contributed by atoms with Gasteiger partial charge in [-0.1, -0.05) is 48.9 Å². The van der Waals surface area contributed by atoms with Crippen LogP contribution >= 0.6 is 0 Å². The first-order chi connectivity index (χ1) is 9.84. The van der Waals surface area contributed by atoms with Gasteiger partial charge in [0.2, 0.25) is 0 Å². The van der Waals surface area contributed by atoms with Crippen LogP contribution in [0, 0.1) is 0 Å². The first kappa shape index (κ1) is 14.6. The van der Waals surface area contributed by atoms with Crippen molar-refractivity contribution >= 4 is 0 Å². The molecule has 0 aromatic heterocycles. The molecule has 2 aromatic carbocycles. The van der Waals surface area contributed by atoms with Crippen LogP contribution in [0.4, 0.5) is 0 Å². The van der Waals surface area contributed by atoms with E-state index in [1.54, 1.807) is 6.07 Å². The van der Waals surface area contributed by atoms with Crippen molar-refractivity contribution in [3.63, 3.8) is 0 Å². The summed E-state index contributed by atoms with van der Waals surface area (Å²) < 4.78 is 5.65. The molecule has 0 atom stereocenters. The molecule has 0 heterocycles. The molecule has 2 rings (SSSR count). The number of aromatic hydroxyl groups is 1. The van der Waals surface area contributed by atoms with Crippen LogP contribution in [-0.2, 0) is 17.8 Å². The Kier molecular flexibility index (Phi) is 6.12. The number of aryl methyl sites for hydroxylation is 1. The summed E-state index contributed by atoms with van der Waals surface area (Å²) in [6.07, 6.45) is 4.40. The second kappa shape index (κ2) is 8.39. The van der Waals surface area contributed by atoms with Gasteiger partial charge in [-0.15, -0.1) is 0 Å². The van der Waals surface area contributed by atoms with Gasteiger partial charge in [0, 0.05) is 6.61 Å². The molecule has 0 aliphatic rings. The van der Waals surface area contributed by atoms with Crippen molar-refractivity contribution in [2.45, 2.75) is 32.3 Å². The van der Waals surface area contributed by atoms with E-state index >= 15 is 0 Å². The number of benzene rings is 2. The Balaban J connectivity index is 1.52. The van der Waals surface area contributed by atoms with E-state index in [4.69, 9.17) is 4.74 Å². The summed E-state index contributed by atoms with van der Waals surface area (Å²) in [7, 11) is 0. The summed E-state index contributed by atoms with van der Waals surface area (Å²) in [4.78, 5) is 0. The predicted molar refractivity (Wildman–Crippen MR) is 81.8 cm³/mol. The number of phenolic OH excluding ortho intramolecular Hbond substituents is 1. The molecule has 2 aromatic rings. The van der Waals surface area contributed by atoms with Crippen molar-refractivity contribution in [2.75, 3.05) is 6.61 Å². The number of unbranched alkanes of at least 4 members (excludes halogenated alkanes) is 2. The molecule has 20 heavy (non-hydrogen) atoms. The zero-order valence-electron chi connectivity index (χ0n) is 11.8. The first-order valence-corrected chi connectivity index (χ1v) is 7.24. The van der Waals surface area contributed by atoms with Crippen molar-refractivity contribution in [1.29, 1.82) is 0 Å². The highest BCUT2D eigenvalue weighted by molar-refractivity contribution is 5.27. The zero-order valence-corrected chi connectivity index (χ0v) is 11.8. The second-order valence-electron chi connectivity index (χ2n) is 5.02. The summed E-state index contributed by atoms with van der Waals surface area (Å²) in [5, 5.41) is 9.37. The van der Waals surface area contributed by atoms with Gasteiger partial charge in [0.25, 0.3) is 0 Å². The molecule has 0 unspecified atom stereocenters. The molecule has 0 bridgehead atoms. The fraction of sp³-hybridized carbons (Fsp3) is 0.333. The van der Waals surface area contributed by atoms with Gasteiger partial charge in [-0.25, -0.2) is 0 Å². The van der Waals surface area contributed by atoms with Crippen LogP contribution in [0.15, 0.2) is 54.6 Å². The fourth-order valence-corrected chi connectivity index (χ4v) is 2.19. The minimum Gasteiger partial charge on any atom is -0.508 e. The van der Waals surface area contributed by atoms with Gasteiger partial charge in [0.1, 0.15) is 5.75 Å². The van der Waals surface area contributed by atoms with Gasteiger partial charge in [-0.05, 0) is 42.5 Å². The molecule has 0 spiro atoms. The quantitative estimate of drug-likeness (QED) is 0.724. The maximum atomic E-state index is 9.37. The summed E-state index contributed by atoms with van der Waals surface area (Å²) in [5.41, 5.74) is 2.43. The van der Waals surface area contributed by atoms with Crippen LogP contribution in [-0.4, -0.2) is 11.7 Å². The normalized spacial score (nSPS) is 10.6. The lowest BCUT2D eigenvalue weighted by atomic mass is 10.1. The largest absolute Gasteiger partial charge is 0.508 e. The van der Waals surface area contributed by atoms with E-state index in [0.717, 1.165) is 32.3 Å². The molecule has 2 heteroatoms. The molecule has 0 saturated heterocycles. The molecule has 0 amide bonds. The smallest absolute Gasteiger partial charge is 0.115 e. The average molecular weight is 270 g/mol. The SMILES string of the molecule is Oc1cccc(CCCCCOCc2ccccc2)c1. The van der Waals surface area contributed by atoms with E-state index in [0.29, 0.717) is 12.4 Å². The Morgan fingerprint density at radius 3 is 2.40 bits per heavy atom. The van der Waals surface area contributed by atoms with Crippen molar-refractivity contribution in [3.05, 3.63) is 65.7 Å². The number of hydrogen-bond donors (Lipinski definition) is 1. The zero-order chi connectivity index (χ0) is 14.0. The summed E-state index contributed by atoms with van der Waals surface area (Å²) in [6, 6.07) is 17.8. The standard InChI is InChI=1S/C18H22O2/c19-18-12-7-11-16(14-18)8-5-2-6-13-20-15-17-9-3-1-4-10-17/h1,3-4,7,9-12,14,19H,2,5-6,8,13,15H2. The third-order valence-electron chi connectivity index (χ3n) is 3.28. The van der Waals surface area contributed by atoms with Gasteiger partial charge >= 0.3 is 0 Å². The highest BCUT2D eigenvalue weighted by atomic mass is 16.5. The molecular formula is C18H22O2. The summed E-state index contributed by atoms with van der Waals surface area (Å²) in [5.74, 6) is 0.355. The van der Waals surface area contributed by atoms with E-state index in [2.05, 4.69) is 18.2 Å². The van der Waals surface area contributed by atoms with E-state index in [9.17, 15) is 5.11 Å². The van der Waals surface area contributed by atoms with Gasteiger partial charge in [0.05, 0.1) is 6.61 Å². The molecule has 0 aliphatic heterocycles. The van der Waals surface area contributed by atoms with Crippen LogP contribution in [0.2, 0.25) is 0 Å². The van der Waals surface area contributed by atoms with Crippen LogP contribution in [0.25, 0.3) is 0 Å². The van der Waals surface area contributed by atoms with Crippen molar-refractivity contribution in [2.24, 2.45) is 0 Å². The topological polar surface area (TPSA) is 29.5 Å². The molecular weight excluding hydrogens is 248 g/mol. The second-order valence-corrected chi connectivity index (χ2v) is 5.02. The van der Waals surface area contributed by atoms with Crippen molar-refractivity contribution < 1.29 is 9.84 Å². The molecule has 106 valence electrons. The molecule has 2 nitrogen and oxygen atoms in total. The Bertz CT molecular complexity index is 494. The highest BCUT2D eigenvalue weighted by Gasteiger charge is 1.96. The van der Waals surface area contributed by atoms with Crippen LogP contribution < -0.4 is 0 Å². The first-order valence-electron chi connectivity index (χ1n) is 7.24. The summed E-state index contributed by atoms with van der Waals surface area (Å²) >= 11 is 0. The lowest BCUT2D eigenvalue weighted by molar-refractivity contribution is 0.117. The lowest BCUT2D eigenvalue weighted by Crippen LogP contribution is -1.96. The maximum absolute atomic E-state index is 9.37. The molecule has 0 saturated carbocycles. The third-order valence-corrected chi connectivity index (χ3v) is 3.28. The van der Waals surface area contributed by atoms with Gasteiger partial charge < -0.3 is 9.84 Å². The maximum Gasteiger partial charge on any atom is 0.115 e. The van der Waals surface area contributed by atoms with Crippen molar-refractivity contribution in [1.82, 2.24) is 0 Å². The Morgan fingerprint density at radius 1 is 0.800 bits per heavy atom. The Labute approximate surface area is 121 Å². The molecule has 0 radical (unpaired) electrons. The van der Waals surface area contributed by atoms with Crippen LogP contribution in [0.3, 0.4) is 0 Å². The number of rotatable bonds is 8. The average Bonchev–Trinajstić information content (AvgIpc) is 2.47. The van der Waals surface area contributed by atoms with Crippen LogP contribution in [0.1, 0.15) is 30.4 Å². The van der Waals surface area contributed by atoms with Gasteiger partial charge in [0.15, 0.2) is 0 Å². The number of phenols is 1. The van der Waals surface area contributed by atoms with E-state index in [1.807, 2.05) is 30.3 Å². The van der Waals surface area contributed by atoms with E-state index in [1.165, 1.54) is 11.1 Å². The van der Waals surface area contributed by atoms with Gasteiger partial charge in [-0.3, -0.25) is 0 Å². The number of hydrogen-bond acceptors (Lipinski definition) is 2. The molecule has 1 N–H and O–H groups in total. The fourth-order valence-electron chi connectivity index (χ4n) is 2.19. The van der Waals surface area contributed by atoms with E-state index in [-0.39, 0.29) is 0 Å². The minimum absolute atomic E-state index is 0.355. The highest BCUT2D eigenvalue weighted by Crippen LogP contribution is 2.13. The van der Waals surface area contributed by atoms with Crippen molar-refractivity contribution in [3.8, 4) is 5.75 Å². The minimum atomic E-state index is 0.355. The van der Waals surface area contributed by atoms with Gasteiger partial charge in [-0.2, -0.15) is 0 Å². The van der Waals surface area contributed by atoms with Crippen LogP contribution in [0.5, 0.6) is 5.75 Å². The molecule has 0 aliphatic carbocycles. The summed E-state index contributed by atoms with van der Waals surface area (Å²) in [6.45, 7) is 1.52. The lowest BCUT2D eigenvalue weighted by Gasteiger charge is -2.05. The Morgan fingerprint density at radius 2 is 1.60 bits per heavy atom. The monoisotopic (exact) mass is 270 g/mol. The molecule has 0 fully saturated rings. The predicted octanol–water partition coefficient (Wildman–Crippen LogP) is 4.32. The number of ether oxygens (including phenoxy) is 1. The Hall–Kier alpha value is -1.80. The van der Waals surface area contributed by atoms with E-state index < -0.39 is 0 Å².